The fourth-order valence-corrected chi connectivity index (χ4v) is 10.9. The molecule has 4 nitrogen and oxygen atoms in total. The number of imidazole rings is 1. The monoisotopic (exact) mass is 515 g/mol. The quantitative estimate of drug-likeness (QED) is 0.382. The molecular weight excluding hydrogens is 485 g/mol. The van der Waals surface area contributed by atoms with Crippen LogP contribution >= 0.6 is 0 Å². The molecule has 2 aromatic rings. The fraction of sp³-hybridized carbons (Fsp3) is 0.379. The van der Waals surface area contributed by atoms with Crippen LogP contribution in [-0.2, 0) is 6.42 Å². The molecule has 0 aromatic heterocycles. The maximum atomic E-state index is 13.5. The zero-order valence-electron chi connectivity index (χ0n) is 19.2. The molecule has 0 radical (unpaired) electrons. The molecule has 8 rings (SSSR count). The zero-order valence-corrected chi connectivity index (χ0v) is 21.0. The van der Waals surface area contributed by atoms with E-state index in [2.05, 4.69) is 41.4 Å². The molecule has 0 atom stereocenters. The Morgan fingerprint density at radius 3 is 2.18 bits per heavy atom. The average Bonchev–Trinajstić information content (AvgIpc) is 3.15. The summed E-state index contributed by atoms with van der Waals surface area (Å²) in [5, 5.41) is 0. The van der Waals surface area contributed by atoms with E-state index in [0.717, 1.165) is 40.4 Å². The van der Waals surface area contributed by atoms with E-state index >= 15 is 0 Å². The van der Waals surface area contributed by atoms with E-state index in [-0.39, 0.29) is 20.5 Å². The maximum absolute atomic E-state index is 13.5. The second-order valence-corrected chi connectivity index (χ2v) is 13.9. The van der Waals surface area contributed by atoms with Crippen molar-refractivity contribution in [3.63, 3.8) is 0 Å². The van der Waals surface area contributed by atoms with Gasteiger partial charge in [-0.3, -0.25) is 0 Å². The van der Waals surface area contributed by atoms with Crippen LogP contribution in [0, 0.1) is 17.8 Å². The van der Waals surface area contributed by atoms with Crippen molar-refractivity contribution >= 4 is 19.5 Å². The van der Waals surface area contributed by atoms with Gasteiger partial charge < -0.3 is 0 Å². The van der Waals surface area contributed by atoms with Crippen LogP contribution in [0.3, 0.4) is 0 Å². The zero-order chi connectivity index (χ0) is 22.7. The van der Waals surface area contributed by atoms with E-state index in [1.807, 2.05) is 35.0 Å². The van der Waals surface area contributed by atoms with E-state index in [0.29, 0.717) is 16.4 Å². The number of aromatic nitrogens is 3. The second kappa shape index (κ2) is 7.96. The van der Waals surface area contributed by atoms with Crippen LogP contribution in [0.2, 0.25) is 4.31 Å². The van der Waals surface area contributed by atoms with Crippen molar-refractivity contribution < 1.29 is 0 Å². The molecule has 2 aromatic carbocycles. The van der Waals surface area contributed by atoms with Gasteiger partial charge in [-0.1, -0.05) is 0 Å². The van der Waals surface area contributed by atoms with Crippen molar-refractivity contribution in [1.82, 2.24) is 14.5 Å². The van der Waals surface area contributed by atoms with Crippen molar-refractivity contribution in [2.75, 3.05) is 0 Å². The van der Waals surface area contributed by atoms with Crippen LogP contribution in [0.25, 0.3) is 17.1 Å². The number of fused-ring (bicyclic) bond motifs is 1. The predicted octanol–water partition coefficient (Wildman–Crippen LogP) is 4.97. The van der Waals surface area contributed by atoms with Gasteiger partial charge >= 0.3 is 207 Å². The summed E-state index contributed by atoms with van der Waals surface area (Å²) in [6, 6.07) is 20.6. The summed E-state index contributed by atoms with van der Waals surface area (Å²) in [6.07, 6.45) is 11.0. The van der Waals surface area contributed by atoms with Crippen LogP contribution in [0.15, 0.2) is 71.7 Å². The fourth-order valence-electron chi connectivity index (χ4n) is 7.20. The van der Waals surface area contributed by atoms with Crippen molar-refractivity contribution in [3.8, 4) is 17.1 Å². The van der Waals surface area contributed by atoms with Crippen LogP contribution in [0.4, 0.5) is 0 Å². The van der Waals surface area contributed by atoms with E-state index < -0.39 is 0 Å². The molecule has 2 heterocycles. The van der Waals surface area contributed by atoms with Gasteiger partial charge in [0.1, 0.15) is 0 Å². The van der Waals surface area contributed by atoms with Gasteiger partial charge in [-0.2, -0.15) is 0 Å². The topological polar surface area (TPSA) is 50.7 Å². The van der Waals surface area contributed by atoms with Gasteiger partial charge in [0.2, 0.25) is 0 Å². The third-order valence-corrected chi connectivity index (χ3v) is 11.2. The summed E-state index contributed by atoms with van der Waals surface area (Å²) in [5.41, 5.74) is 3.92. The molecule has 172 valence electrons. The minimum atomic E-state index is 0.0209. The molecule has 34 heavy (non-hydrogen) atoms. The molecular formula is C29H29N3OSe. The first kappa shape index (κ1) is 20.7. The molecule has 4 saturated carbocycles. The first-order chi connectivity index (χ1) is 16.6. The van der Waals surface area contributed by atoms with E-state index in [1.54, 1.807) is 0 Å². The van der Waals surface area contributed by atoms with Crippen LogP contribution in [-0.4, -0.2) is 29.5 Å². The van der Waals surface area contributed by atoms with Crippen molar-refractivity contribution in [2.24, 2.45) is 17.8 Å². The second-order valence-electron chi connectivity index (χ2n) is 10.8. The molecule has 2 aliphatic heterocycles. The van der Waals surface area contributed by atoms with E-state index in [4.69, 9.17) is 4.98 Å². The van der Waals surface area contributed by atoms with Gasteiger partial charge in [-0.15, -0.1) is 0 Å². The number of hydrogen-bond donors (Lipinski definition) is 1. The third-order valence-electron chi connectivity index (χ3n) is 8.24. The number of benzene rings is 2. The summed E-state index contributed by atoms with van der Waals surface area (Å²) in [4.78, 5) is 22.3. The molecule has 0 unspecified atom stereocenters. The number of rotatable bonds is 5. The summed E-state index contributed by atoms with van der Waals surface area (Å²) < 4.78 is 3.46. The molecule has 0 spiro atoms. The standard InChI is InChI=1S/C29H29N3OSe/c33-28-24(14-19-7-3-1-4-8-19)30-26-27(31-25(18-32(26)28)23-9-5-2-6-10-23)34-29-15-20-11-21(16-29)13-22(12-20)17-29/h1-10,18,20-22,31H,11-17H2. The summed E-state index contributed by atoms with van der Waals surface area (Å²) >= 11 is 0.261. The van der Waals surface area contributed by atoms with Crippen molar-refractivity contribution in [1.29, 1.82) is 0 Å². The Kier molecular flexibility index (Phi) is 4.86. The molecule has 0 saturated heterocycles. The molecule has 0 amide bonds. The van der Waals surface area contributed by atoms with E-state index in [1.165, 1.54) is 43.1 Å². The predicted molar refractivity (Wildman–Crippen MR) is 136 cm³/mol. The van der Waals surface area contributed by atoms with Gasteiger partial charge in [-0.25, -0.2) is 0 Å². The van der Waals surface area contributed by atoms with Crippen LogP contribution in [0.5, 0.6) is 0 Å². The first-order valence-electron chi connectivity index (χ1n) is 12.6. The Labute approximate surface area is 206 Å². The Balaban J connectivity index is 1.34. The van der Waals surface area contributed by atoms with Gasteiger partial charge in [0.05, 0.1) is 0 Å². The van der Waals surface area contributed by atoms with E-state index in [9.17, 15) is 4.79 Å². The van der Waals surface area contributed by atoms with Gasteiger partial charge in [0.15, 0.2) is 0 Å². The number of aromatic amines is 1. The number of nitrogens with zero attached hydrogens (tertiary/aromatic N) is 2. The normalized spacial score (nSPS) is 27.5. The average molecular weight is 515 g/mol. The molecule has 6 aliphatic rings. The Morgan fingerprint density at radius 1 is 0.912 bits per heavy atom. The molecule has 4 fully saturated rings. The molecule has 4 bridgehead atoms. The van der Waals surface area contributed by atoms with Gasteiger partial charge in [0, 0.05) is 0 Å². The third kappa shape index (κ3) is 3.57. The molecule has 4 aliphatic carbocycles. The van der Waals surface area contributed by atoms with Crippen molar-refractivity contribution in [3.05, 3.63) is 88.5 Å². The first-order valence-corrected chi connectivity index (χ1v) is 14.3. The SMILES string of the molecule is O=c1c(Cc2ccccc2)nc2c([Se]C34CC5CC(CC(C5)C3)C4)[nH]c(-c3ccccc3)cn1-2. The van der Waals surface area contributed by atoms with Crippen LogP contribution in [0.1, 0.15) is 49.8 Å². The van der Waals surface area contributed by atoms with Gasteiger partial charge in [0.25, 0.3) is 0 Å². The number of hydrogen-bond acceptors (Lipinski definition) is 2. The minimum absolute atomic E-state index is 0.0209. The molecule has 1 N–H and O–H groups in total. The number of H-pyrrole nitrogens is 1. The summed E-state index contributed by atoms with van der Waals surface area (Å²) in [7, 11) is 0. The summed E-state index contributed by atoms with van der Waals surface area (Å²) in [5.74, 6) is 3.62. The Hall–Kier alpha value is -2.62. The Bertz CT molecular complexity index is 1320. The van der Waals surface area contributed by atoms with Crippen molar-refractivity contribution in [2.45, 2.75) is 49.3 Å². The van der Waals surface area contributed by atoms with Crippen LogP contribution < -0.4 is 10.2 Å². The molecule has 5 heteroatoms. The Morgan fingerprint density at radius 2 is 1.53 bits per heavy atom. The summed E-state index contributed by atoms with van der Waals surface area (Å²) in [6.45, 7) is 0. The number of nitrogens with one attached hydrogen (secondary N) is 1. The van der Waals surface area contributed by atoms with Gasteiger partial charge in [-0.05, 0) is 0 Å².